The van der Waals surface area contributed by atoms with Crippen LogP contribution in [0.5, 0.6) is 0 Å². The molecule has 3 N–H and O–H groups in total. The van der Waals surface area contributed by atoms with Crippen molar-refractivity contribution in [2.75, 3.05) is 0 Å². The fourth-order valence-electron chi connectivity index (χ4n) is 2.91. The molecule has 0 radical (unpaired) electrons. The number of primary amides is 1. The average Bonchev–Trinajstić information content (AvgIpc) is 3.06. The molecule has 0 bridgehead atoms. The molecule has 28 heavy (non-hydrogen) atoms. The fraction of sp³-hybridized carbons (Fsp3) is 0.105. The van der Waals surface area contributed by atoms with Crippen molar-refractivity contribution in [2.45, 2.75) is 13.8 Å². The van der Waals surface area contributed by atoms with Crippen molar-refractivity contribution >= 4 is 28.7 Å². The molecule has 9 heteroatoms. The van der Waals surface area contributed by atoms with Gasteiger partial charge in [0.1, 0.15) is 27.9 Å². The number of amides is 1. The molecule has 0 spiro atoms. The molecule has 0 saturated carbocycles. The molecule has 4 rings (SSSR count). The van der Waals surface area contributed by atoms with Crippen molar-refractivity contribution in [1.82, 2.24) is 19.9 Å². The van der Waals surface area contributed by atoms with Crippen LogP contribution in [0.15, 0.2) is 39.7 Å². The Balaban J connectivity index is 2.10. The van der Waals surface area contributed by atoms with Crippen LogP contribution in [0.1, 0.15) is 21.8 Å². The van der Waals surface area contributed by atoms with E-state index >= 15 is 0 Å². The Kier molecular flexibility index (Phi) is 4.20. The first-order valence-corrected chi connectivity index (χ1v) is 8.66. The number of nitrogens with one attached hydrogen (secondary N) is 1. The van der Waals surface area contributed by atoms with Crippen molar-refractivity contribution in [3.05, 3.63) is 62.9 Å². The molecule has 4 heterocycles. The molecular weight excluding hydrogens is 382 g/mol. The summed E-state index contributed by atoms with van der Waals surface area (Å²) < 4.78 is 5.72. The monoisotopic (exact) mass is 395 g/mol. The first-order valence-electron chi connectivity index (χ1n) is 8.28. The van der Waals surface area contributed by atoms with Gasteiger partial charge in [-0.25, -0.2) is 15.0 Å². The predicted octanol–water partition coefficient (Wildman–Crippen LogP) is 3.01. The third-order valence-corrected chi connectivity index (χ3v) is 4.34. The fourth-order valence-corrected chi connectivity index (χ4v) is 3.16. The molecule has 0 aliphatic heterocycles. The molecule has 4 aromatic rings. The average molecular weight is 396 g/mol. The first-order chi connectivity index (χ1) is 13.3. The lowest BCUT2D eigenvalue weighted by Crippen LogP contribution is -2.23. The number of nitrogens with zero attached hydrogens (tertiary/aromatic N) is 3. The SMILES string of the molecule is Cc1cc(-c2nc3c(=O)c(C(N)=O)c[nH]c3nc2-c2ccc(C)o2)cc(Cl)n1. The van der Waals surface area contributed by atoms with Gasteiger partial charge in [0, 0.05) is 17.5 Å². The maximum atomic E-state index is 12.7. The largest absolute Gasteiger partial charge is 0.460 e. The quantitative estimate of drug-likeness (QED) is 0.513. The van der Waals surface area contributed by atoms with Crippen LogP contribution in [-0.4, -0.2) is 25.8 Å². The van der Waals surface area contributed by atoms with Gasteiger partial charge in [-0.05, 0) is 38.1 Å². The van der Waals surface area contributed by atoms with Gasteiger partial charge in [-0.15, -0.1) is 0 Å². The zero-order chi connectivity index (χ0) is 20.0. The number of aromatic amines is 1. The van der Waals surface area contributed by atoms with E-state index in [4.69, 9.17) is 21.8 Å². The van der Waals surface area contributed by atoms with Crippen molar-refractivity contribution in [3.63, 3.8) is 0 Å². The van der Waals surface area contributed by atoms with Crippen LogP contribution in [0.2, 0.25) is 5.15 Å². The number of hydrogen-bond donors (Lipinski definition) is 2. The third-order valence-electron chi connectivity index (χ3n) is 4.14. The number of furan rings is 1. The summed E-state index contributed by atoms with van der Waals surface area (Å²) in [6.07, 6.45) is 1.23. The number of carbonyl (C=O) groups excluding carboxylic acids is 1. The summed E-state index contributed by atoms with van der Waals surface area (Å²) in [4.78, 5) is 40.1. The number of H-pyrrole nitrogens is 1. The van der Waals surface area contributed by atoms with E-state index in [1.807, 2.05) is 6.92 Å². The topological polar surface area (TPSA) is 128 Å². The molecule has 0 saturated heterocycles. The summed E-state index contributed by atoms with van der Waals surface area (Å²) in [5, 5.41) is 0.276. The highest BCUT2D eigenvalue weighted by Crippen LogP contribution is 2.32. The summed E-state index contributed by atoms with van der Waals surface area (Å²) in [5.41, 5.74) is 6.75. The number of aromatic nitrogens is 4. The minimum absolute atomic E-state index is 0.0103. The van der Waals surface area contributed by atoms with Gasteiger partial charge in [0.2, 0.25) is 5.43 Å². The van der Waals surface area contributed by atoms with Crippen LogP contribution in [-0.2, 0) is 0 Å². The maximum absolute atomic E-state index is 12.7. The second kappa shape index (κ2) is 6.58. The van der Waals surface area contributed by atoms with Crippen molar-refractivity contribution in [2.24, 2.45) is 5.73 Å². The summed E-state index contributed by atoms with van der Waals surface area (Å²) in [7, 11) is 0. The first kappa shape index (κ1) is 17.9. The minimum atomic E-state index is -0.847. The number of aryl methyl sites for hydroxylation is 2. The standard InChI is InChI=1S/C19H14ClN5O3/c1-8-5-10(6-13(20)23-8)14-15(12-4-3-9(2)28-12)25-19-16(24-14)17(26)11(7-22-19)18(21)27/h3-7H,1-2H3,(H2,21,27)(H,22,25,26). The lowest BCUT2D eigenvalue weighted by Gasteiger charge is -2.10. The van der Waals surface area contributed by atoms with Gasteiger partial charge in [0.05, 0.1) is 0 Å². The molecule has 0 unspecified atom stereocenters. The Morgan fingerprint density at radius 2 is 1.93 bits per heavy atom. The molecular formula is C19H14ClN5O3. The third kappa shape index (κ3) is 3.03. The molecule has 0 aliphatic carbocycles. The lowest BCUT2D eigenvalue weighted by atomic mass is 10.1. The van der Waals surface area contributed by atoms with Crippen LogP contribution in [0.3, 0.4) is 0 Å². The van der Waals surface area contributed by atoms with Gasteiger partial charge in [0.25, 0.3) is 5.91 Å². The molecule has 4 aromatic heterocycles. The van der Waals surface area contributed by atoms with Crippen molar-refractivity contribution in [1.29, 1.82) is 0 Å². The summed E-state index contributed by atoms with van der Waals surface area (Å²) >= 11 is 6.11. The van der Waals surface area contributed by atoms with E-state index in [0.717, 1.165) is 0 Å². The molecule has 0 aliphatic rings. The Labute approximate surface area is 163 Å². The Hall–Kier alpha value is -3.52. The number of nitrogens with two attached hydrogens (primary N) is 1. The van der Waals surface area contributed by atoms with E-state index in [1.54, 1.807) is 31.2 Å². The number of rotatable bonds is 3. The van der Waals surface area contributed by atoms with Crippen LogP contribution in [0.4, 0.5) is 0 Å². The smallest absolute Gasteiger partial charge is 0.254 e. The molecule has 0 aromatic carbocycles. The highest BCUT2D eigenvalue weighted by molar-refractivity contribution is 6.29. The van der Waals surface area contributed by atoms with E-state index in [0.29, 0.717) is 34.2 Å². The van der Waals surface area contributed by atoms with Gasteiger partial charge >= 0.3 is 0 Å². The Bertz CT molecular complexity index is 1290. The predicted molar refractivity (Wildman–Crippen MR) is 104 cm³/mol. The zero-order valence-corrected chi connectivity index (χ0v) is 15.7. The maximum Gasteiger partial charge on any atom is 0.254 e. The second-order valence-corrected chi connectivity index (χ2v) is 6.63. The number of hydrogen-bond acceptors (Lipinski definition) is 6. The minimum Gasteiger partial charge on any atom is -0.460 e. The normalized spacial score (nSPS) is 11.1. The highest BCUT2D eigenvalue weighted by Gasteiger charge is 2.20. The van der Waals surface area contributed by atoms with Crippen LogP contribution in [0.25, 0.3) is 33.9 Å². The number of carbonyl (C=O) groups is 1. The van der Waals surface area contributed by atoms with E-state index in [9.17, 15) is 9.59 Å². The molecule has 140 valence electrons. The molecule has 0 fully saturated rings. The van der Waals surface area contributed by atoms with Crippen LogP contribution < -0.4 is 11.2 Å². The summed E-state index contributed by atoms with van der Waals surface area (Å²) in [6.45, 7) is 3.60. The lowest BCUT2D eigenvalue weighted by molar-refractivity contribution is 0.0999. The molecule has 1 amide bonds. The number of halogens is 1. The van der Waals surface area contributed by atoms with Gasteiger partial charge in [-0.3, -0.25) is 9.59 Å². The van der Waals surface area contributed by atoms with Crippen molar-refractivity contribution < 1.29 is 9.21 Å². The van der Waals surface area contributed by atoms with Gasteiger partial charge in [-0.1, -0.05) is 11.6 Å². The Morgan fingerprint density at radius 1 is 1.14 bits per heavy atom. The van der Waals surface area contributed by atoms with E-state index < -0.39 is 11.3 Å². The van der Waals surface area contributed by atoms with E-state index in [2.05, 4.69) is 19.9 Å². The Morgan fingerprint density at radius 3 is 2.57 bits per heavy atom. The van der Waals surface area contributed by atoms with E-state index in [-0.39, 0.29) is 21.9 Å². The number of fused-ring (bicyclic) bond motifs is 1. The summed E-state index contributed by atoms with van der Waals surface area (Å²) in [5.74, 6) is 0.330. The van der Waals surface area contributed by atoms with Crippen LogP contribution >= 0.6 is 11.6 Å². The second-order valence-electron chi connectivity index (χ2n) is 6.24. The van der Waals surface area contributed by atoms with Gasteiger partial charge in [0.15, 0.2) is 16.9 Å². The number of pyridine rings is 2. The molecule has 0 atom stereocenters. The van der Waals surface area contributed by atoms with Crippen LogP contribution in [0, 0.1) is 13.8 Å². The van der Waals surface area contributed by atoms with Gasteiger partial charge in [-0.2, -0.15) is 0 Å². The zero-order valence-electron chi connectivity index (χ0n) is 14.9. The van der Waals surface area contributed by atoms with Crippen molar-refractivity contribution in [3.8, 4) is 22.7 Å². The molecule has 8 nitrogen and oxygen atoms in total. The van der Waals surface area contributed by atoms with Gasteiger partial charge < -0.3 is 15.1 Å². The highest BCUT2D eigenvalue weighted by atomic mass is 35.5. The summed E-state index contributed by atoms with van der Waals surface area (Å²) in [6, 6.07) is 6.96. The van der Waals surface area contributed by atoms with E-state index in [1.165, 1.54) is 6.20 Å².